The molecule has 3 aromatic carbocycles. The molecule has 0 amide bonds. The van der Waals surface area contributed by atoms with Crippen molar-refractivity contribution in [3.63, 3.8) is 0 Å². The quantitative estimate of drug-likeness (QED) is 0.471. The third-order valence-electron chi connectivity index (χ3n) is 5.69. The predicted octanol–water partition coefficient (Wildman–Crippen LogP) is 5.59. The van der Waals surface area contributed by atoms with Gasteiger partial charge in [-0.05, 0) is 48.7 Å². The van der Waals surface area contributed by atoms with Crippen LogP contribution in [0, 0.1) is 0 Å². The van der Waals surface area contributed by atoms with Gasteiger partial charge in [0.25, 0.3) is 0 Å². The van der Waals surface area contributed by atoms with Crippen LogP contribution in [0.25, 0.3) is 11.1 Å². The van der Waals surface area contributed by atoms with E-state index in [1.54, 1.807) is 31.0 Å². The van der Waals surface area contributed by atoms with E-state index in [0.29, 0.717) is 11.4 Å². The van der Waals surface area contributed by atoms with Gasteiger partial charge in [-0.25, -0.2) is 0 Å². The molecule has 0 bridgehead atoms. The van der Waals surface area contributed by atoms with Crippen molar-refractivity contribution >= 4 is 5.69 Å². The van der Waals surface area contributed by atoms with Crippen molar-refractivity contribution in [1.82, 2.24) is 5.32 Å². The number of benzene rings is 3. The van der Waals surface area contributed by atoms with Gasteiger partial charge in [-0.1, -0.05) is 54.6 Å². The van der Waals surface area contributed by atoms with Gasteiger partial charge >= 0.3 is 6.18 Å². The first-order valence-electron chi connectivity index (χ1n) is 10.5. The summed E-state index contributed by atoms with van der Waals surface area (Å²) >= 11 is 0. The second-order valence-electron chi connectivity index (χ2n) is 8.54. The second-order valence-corrected chi connectivity index (χ2v) is 8.54. The number of halogens is 3. The van der Waals surface area contributed by atoms with Crippen LogP contribution < -0.4 is 10.2 Å². The van der Waals surface area contributed by atoms with Gasteiger partial charge in [0.2, 0.25) is 0 Å². The molecule has 33 heavy (non-hydrogen) atoms. The smallest absolute Gasteiger partial charge is 0.392 e. The zero-order chi connectivity index (χ0) is 23.8. The molecule has 1 unspecified atom stereocenters. The number of rotatable bonds is 5. The Kier molecular flexibility index (Phi) is 5.95. The topological polar surface area (TPSA) is 55.7 Å². The van der Waals surface area contributed by atoms with Gasteiger partial charge in [0.05, 0.1) is 23.5 Å². The van der Waals surface area contributed by atoms with E-state index in [2.05, 4.69) is 5.32 Å². The molecule has 1 heterocycles. The fraction of sp³-hybridized carbons (Fsp3) is 0.231. The Morgan fingerprint density at radius 2 is 1.45 bits per heavy atom. The van der Waals surface area contributed by atoms with E-state index in [1.165, 1.54) is 12.1 Å². The summed E-state index contributed by atoms with van der Waals surface area (Å²) in [4.78, 5) is 1.70. The number of alkyl halides is 3. The summed E-state index contributed by atoms with van der Waals surface area (Å²) in [5.74, 6) is 0. The van der Waals surface area contributed by atoms with Crippen LogP contribution in [0.4, 0.5) is 18.9 Å². The van der Waals surface area contributed by atoms with Crippen molar-refractivity contribution in [3.8, 4) is 11.1 Å². The predicted molar refractivity (Wildman–Crippen MR) is 122 cm³/mol. The maximum atomic E-state index is 13.7. The van der Waals surface area contributed by atoms with E-state index >= 15 is 0 Å². The summed E-state index contributed by atoms with van der Waals surface area (Å²) < 4.78 is 41.2. The van der Waals surface area contributed by atoms with Crippen LogP contribution in [0.3, 0.4) is 0 Å². The Balaban J connectivity index is 1.72. The van der Waals surface area contributed by atoms with Crippen LogP contribution >= 0.6 is 0 Å². The van der Waals surface area contributed by atoms with Crippen molar-refractivity contribution in [3.05, 3.63) is 101 Å². The Labute approximate surface area is 190 Å². The molecule has 0 saturated carbocycles. The van der Waals surface area contributed by atoms with E-state index in [-0.39, 0.29) is 12.2 Å². The summed E-state index contributed by atoms with van der Waals surface area (Å²) in [5, 5.41) is 22.8. The average molecular weight is 454 g/mol. The monoisotopic (exact) mass is 454 g/mol. The van der Waals surface area contributed by atoms with Crippen LogP contribution in [0.15, 0.2) is 84.7 Å². The fourth-order valence-corrected chi connectivity index (χ4v) is 3.88. The Bertz CT molecular complexity index is 1150. The van der Waals surface area contributed by atoms with Crippen LogP contribution in [0.5, 0.6) is 0 Å². The summed E-state index contributed by atoms with van der Waals surface area (Å²) in [6, 6.07) is 20.4. The standard InChI is InChI=1S/C26H25F3N2O2/c1-25(2,33)23-15-31(24(30-23)21-5-3-4-6-22(21)26(27,28)29)20-13-11-19(12-14-20)18-9-7-17(16-32)8-10-18/h3-15,24,30,32-33H,16H2,1-2H3. The summed E-state index contributed by atoms with van der Waals surface area (Å²) in [6.45, 7) is 3.14. The lowest BCUT2D eigenvalue weighted by molar-refractivity contribution is -0.138. The van der Waals surface area contributed by atoms with Crippen LogP contribution in [-0.4, -0.2) is 15.8 Å². The number of hydrogen-bond donors (Lipinski definition) is 3. The van der Waals surface area contributed by atoms with Crippen molar-refractivity contribution in [1.29, 1.82) is 0 Å². The highest BCUT2D eigenvalue weighted by Gasteiger charge is 2.39. The van der Waals surface area contributed by atoms with E-state index in [4.69, 9.17) is 0 Å². The van der Waals surface area contributed by atoms with Gasteiger partial charge in [0.1, 0.15) is 6.17 Å². The molecule has 7 heteroatoms. The molecule has 4 rings (SSSR count). The Morgan fingerprint density at radius 3 is 2.00 bits per heavy atom. The van der Waals surface area contributed by atoms with Crippen LogP contribution in [0.1, 0.15) is 36.7 Å². The van der Waals surface area contributed by atoms with Crippen molar-refractivity contribution < 1.29 is 23.4 Å². The highest BCUT2D eigenvalue weighted by molar-refractivity contribution is 5.68. The summed E-state index contributed by atoms with van der Waals surface area (Å²) in [5.41, 5.74) is 1.91. The van der Waals surface area contributed by atoms with E-state index in [9.17, 15) is 23.4 Å². The molecule has 3 aromatic rings. The molecular formula is C26H25F3N2O2. The molecule has 0 aromatic heterocycles. The summed E-state index contributed by atoms with van der Waals surface area (Å²) in [6.07, 6.45) is -3.69. The van der Waals surface area contributed by atoms with E-state index < -0.39 is 23.5 Å². The van der Waals surface area contributed by atoms with Crippen LogP contribution in [0.2, 0.25) is 0 Å². The van der Waals surface area contributed by atoms with Crippen LogP contribution in [-0.2, 0) is 12.8 Å². The Hall–Kier alpha value is -3.29. The zero-order valence-electron chi connectivity index (χ0n) is 18.3. The highest BCUT2D eigenvalue weighted by Crippen LogP contribution is 2.40. The SMILES string of the molecule is CC(C)(O)C1=CN(c2ccc(-c3ccc(CO)cc3)cc2)C(c2ccccc2C(F)(F)F)N1. The van der Waals surface area contributed by atoms with Gasteiger partial charge in [-0.15, -0.1) is 0 Å². The molecule has 1 aliphatic rings. The second kappa shape index (κ2) is 8.57. The lowest BCUT2D eigenvalue weighted by Gasteiger charge is -2.29. The first kappa shape index (κ1) is 22.9. The first-order chi connectivity index (χ1) is 15.6. The molecular weight excluding hydrogens is 429 g/mol. The minimum atomic E-state index is -4.51. The largest absolute Gasteiger partial charge is 0.416 e. The van der Waals surface area contributed by atoms with Gasteiger partial charge in [-0.3, -0.25) is 0 Å². The fourth-order valence-electron chi connectivity index (χ4n) is 3.88. The number of aliphatic hydroxyl groups excluding tert-OH is 1. The van der Waals surface area contributed by atoms with Crippen molar-refractivity contribution in [2.24, 2.45) is 0 Å². The lowest BCUT2D eigenvalue weighted by Crippen LogP contribution is -2.34. The third-order valence-corrected chi connectivity index (χ3v) is 5.69. The van der Waals surface area contributed by atoms with Crippen molar-refractivity contribution in [2.45, 2.75) is 38.4 Å². The van der Waals surface area contributed by atoms with E-state index in [0.717, 1.165) is 22.8 Å². The maximum absolute atomic E-state index is 13.7. The molecule has 1 aliphatic heterocycles. The lowest BCUT2D eigenvalue weighted by atomic mass is 10.0. The molecule has 0 aliphatic carbocycles. The maximum Gasteiger partial charge on any atom is 0.416 e. The minimum absolute atomic E-state index is 0.0299. The molecule has 0 saturated heterocycles. The molecule has 0 spiro atoms. The molecule has 0 fully saturated rings. The average Bonchev–Trinajstić information content (AvgIpc) is 3.25. The number of anilines is 1. The summed E-state index contributed by atoms with van der Waals surface area (Å²) in [7, 11) is 0. The van der Waals surface area contributed by atoms with Crippen molar-refractivity contribution in [2.75, 3.05) is 4.90 Å². The number of nitrogens with one attached hydrogen (secondary N) is 1. The zero-order valence-corrected chi connectivity index (χ0v) is 18.3. The van der Waals surface area contributed by atoms with Gasteiger partial charge in [0, 0.05) is 17.5 Å². The third kappa shape index (κ3) is 4.74. The normalized spacial score (nSPS) is 16.5. The Morgan fingerprint density at radius 1 is 0.879 bits per heavy atom. The molecule has 172 valence electrons. The molecule has 0 radical (unpaired) electrons. The molecule has 4 nitrogen and oxygen atoms in total. The molecule has 3 N–H and O–H groups in total. The number of hydrogen-bond acceptors (Lipinski definition) is 4. The first-order valence-corrected chi connectivity index (χ1v) is 10.5. The van der Waals surface area contributed by atoms with Gasteiger partial charge < -0.3 is 20.4 Å². The molecule has 1 atom stereocenters. The van der Waals surface area contributed by atoms with E-state index in [1.807, 2.05) is 48.5 Å². The van der Waals surface area contributed by atoms with Gasteiger partial charge in [0.15, 0.2) is 0 Å². The number of nitrogens with zero attached hydrogens (tertiary/aromatic N) is 1. The van der Waals surface area contributed by atoms with Gasteiger partial charge in [-0.2, -0.15) is 13.2 Å². The minimum Gasteiger partial charge on any atom is -0.392 e. The number of aliphatic hydroxyl groups is 2. The highest BCUT2D eigenvalue weighted by atomic mass is 19.4.